The first-order valence-electron chi connectivity index (χ1n) is 7.84. The molecule has 2 N–H and O–H groups in total. The minimum Gasteiger partial charge on any atom is -0.489 e. The van der Waals surface area contributed by atoms with E-state index in [1.807, 2.05) is 24.4 Å². The van der Waals surface area contributed by atoms with Crippen molar-refractivity contribution in [3.05, 3.63) is 60.3 Å². The second-order valence-electron chi connectivity index (χ2n) is 5.49. The molecule has 0 saturated carbocycles. The summed E-state index contributed by atoms with van der Waals surface area (Å²) in [5.74, 6) is 0.690. The van der Waals surface area contributed by atoms with E-state index in [0.717, 1.165) is 5.65 Å². The highest BCUT2D eigenvalue weighted by Crippen LogP contribution is 2.13. The summed E-state index contributed by atoms with van der Waals surface area (Å²) >= 11 is 0. The number of benzene rings is 1. The summed E-state index contributed by atoms with van der Waals surface area (Å²) < 4.78 is 20.5. The van der Waals surface area contributed by atoms with Crippen molar-refractivity contribution >= 4 is 11.7 Å². The van der Waals surface area contributed by atoms with Crippen molar-refractivity contribution in [2.75, 3.05) is 6.54 Å². The van der Waals surface area contributed by atoms with E-state index < -0.39 is 0 Å². The molecule has 0 bridgehead atoms. The molecule has 2 aromatic heterocycles. The third-order valence-electron chi connectivity index (χ3n) is 3.47. The lowest BCUT2D eigenvalue weighted by molar-refractivity contribution is 0.207. The molecule has 0 saturated heterocycles. The fourth-order valence-electron chi connectivity index (χ4n) is 2.28. The van der Waals surface area contributed by atoms with Crippen molar-refractivity contribution in [3.63, 3.8) is 0 Å². The summed E-state index contributed by atoms with van der Waals surface area (Å²) in [7, 11) is 0. The molecule has 1 atom stereocenters. The van der Waals surface area contributed by atoms with Crippen LogP contribution in [0.25, 0.3) is 5.65 Å². The van der Waals surface area contributed by atoms with Gasteiger partial charge in [-0.15, -0.1) is 10.2 Å². The quantitative estimate of drug-likeness (QED) is 0.718. The van der Waals surface area contributed by atoms with E-state index in [9.17, 15) is 9.18 Å². The number of nitrogens with zero attached hydrogens (tertiary/aromatic N) is 3. The maximum atomic E-state index is 13.1. The van der Waals surface area contributed by atoms with Crippen LogP contribution in [0, 0.1) is 5.82 Å². The third-order valence-corrected chi connectivity index (χ3v) is 3.47. The largest absolute Gasteiger partial charge is 0.489 e. The maximum Gasteiger partial charge on any atom is 0.315 e. The second kappa shape index (κ2) is 7.61. The van der Waals surface area contributed by atoms with Gasteiger partial charge in [-0.25, -0.2) is 9.18 Å². The van der Waals surface area contributed by atoms with E-state index in [1.165, 1.54) is 12.1 Å². The summed E-state index contributed by atoms with van der Waals surface area (Å²) in [6.45, 7) is 2.32. The summed E-state index contributed by atoms with van der Waals surface area (Å²) in [4.78, 5) is 11.9. The van der Waals surface area contributed by atoms with Gasteiger partial charge < -0.3 is 15.4 Å². The van der Waals surface area contributed by atoms with Gasteiger partial charge in [-0.2, -0.15) is 0 Å². The molecular weight excluding hydrogens is 325 g/mol. The highest BCUT2D eigenvalue weighted by molar-refractivity contribution is 5.73. The molecule has 0 fully saturated rings. The molecule has 0 aliphatic carbocycles. The minimum atomic E-state index is -0.365. The Morgan fingerprint density at radius 2 is 2.12 bits per heavy atom. The topological polar surface area (TPSA) is 80.5 Å². The van der Waals surface area contributed by atoms with E-state index in [0.29, 0.717) is 11.6 Å². The first-order valence-corrected chi connectivity index (χ1v) is 7.84. The number of pyridine rings is 1. The predicted octanol–water partition coefficient (Wildman–Crippen LogP) is 2.14. The Bertz CT molecular complexity index is 867. The van der Waals surface area contributed by atoms with Gasteiger partial charge in [0, 0.05) is 12.3 Å². The Labute approximate surface area is 143 Å². The van der Waals surface area contributed by atoms with Crippen molar-refractivity contribution in [2.45, 2.75) is 19.6 Å². The highest BCUT2D eigenvalue weighted by atomic mass is 19.1. The molecule has 1 aromatic carbocycles. The number of aromatic nitrogens is 3. The number of hydrogen-bond acceptors (Lipinski definition) is 4. The summed E-state index contributed by atoms with van der Waals surface area (Å²) in [5, 5.41) is 13.5. The summed E-state index contributed by atoms with van der Waals surface area (Å²) in [6, 6.07) is 11.1. The Kier molecular flexibility index (Phi) is 5.08. The first kappa shape index (κ1) is 16.7. The number of amides is 2. The van der Waals surface area contributed by atoms with Crippen LogP contribution in [0.1, 0.15) is 12.7 Å². The molecule has 7 nitrogen and oxygen atoms in total. The molecule has 2 amide bonds. The molecule has 0 radical (unpaired) electrons. The van der Waals surface area contributed by atoms with Gasteiger partial charge in [-0.1, -0.05) is 12.1 Å². The monoisotopic (exact) mass is 343 g/mol. The van der Waals surface area contributed by atoms with Crippen LogP contribution >= 0.6 is 0 Å². The Balaban J connectivity index is 1.45. The van der Waals surface area contributed by atoms with Gasteiger partial charge in [0.1, 0.15) is 17.7 Å². The molecule has 3 aromatic rings. The number of ether oxygens (including phenoxy) is 1. The minimum absolute atomic E-state index is 0.246. The molecule has 8 heteroatoms. The van der Waals surface area contributed by atoms with Crippen molar-refractivity contribution in [3.8, 4) is 5.75 Å². The van der Waals surface area contributed by atoms with Crippen LogP contribution in [0.4, 0.5) is 9.18 Å². The predicted molar refractivity (Wildman–Crippen MR) is 89.7 cm³/mol. The van der Waals surface area contributed by atoms with E-state index in [1.54, 1.807) is 23.5 Å². The molecule has 130 valence electrons. The first-order chi connectivity index (χ1) is 12.1. The lowest BCUT2D eigenvalue weighted by Crippen LogP contribution is -2.40. The van der Waals surface area contributed by atoms with Crippen LogP contribution in [0.2, 0.25) is 0 Å². The van der Waals surface area contributed by atoms with E-state index in [4.69, 9.17) is 4.74 Å². The average Bonchev–Trinajstić information content (AvgIpc) is 3.01. The van der Waals surface area contributed by atoms with E-state index >= 15 is 0 Å². The highest BCUT2D eigenvalue weighted by Gasteiger charge is 2.09. The molecule has 0 unspecified atom stereocenters. The van der Waals surface area contributed by atoms with Crippen LogP contribution in [-0.4, -0.2) is 33.3 Å². The van der Waals surface area contributed by atoms with Gasteiger partial charge in [-0.3, -0.25) is 4.40 Å². The van der Waals surface area contributed by atoms with Crippen LogP contribution in [0.3, 0.4) is 0 Å². The molecule has 0 aliphatic heterocycles. The zero-order chi connectivity index (χ0) is 17.6. The fourth-order valence-corrected chi connectivity index (χ4v) is 2.28. The molecule has 3 rings (SSSR count). The van der Waals surface area contributed by atoms with Crippen molar-refractivity contribution in [1.29, 1.82) is 0 Å². The smallest absolute Gasteiger partial charge is 0.315 e. The number of hydrogen-bond donors (Lipinski definition) is 2. The number of rotatable bonds is 6. The summed E-state index contributed by atoms with van der Waals surface area (Å²) in [5.41, 5.74) is 0.719. The number of urea groups is 1. The van der Waals surface area contributed by atoms with Crippen LogP contribution in [0.5, 0.6) is 5.75 Å². The van der Waals surface area contributed by atoms with Gasteiger partial charge in [-0.05, 0) is 31.2 Å². The van der Waals surface area contributed by atoms with Gasteiger partial charge in [0.05, 0.1) is 13.1 Å². The molecule has 25 heavy (non-hydrogen) atoms. The van der Waals surface area contributed by atoms with Crippen molar-refractivity contribution in [2.24, 2.45) is 0 Å². The Morgan fingerprint density at radius 3 is 2.96 bits per heavy atom. The lowest BCUT2D eigenvalue weighted by Gasteiger charge is -2.15. The Hall–Kier alpha value is -3.16. The third kappa shape index (κ3) is 4.43. The van der Waals surface area contributed by atoms with E-state index in [-0.39, 0.29) is 31.0 Å². The normalized spacial score (nSPS) is 11.9. The Morgan fingerprint density at radius 1 is 1.24 bits per heavy atom. The second-order valence-corrected chi connectivity index (χ2v) is 5.49. The number of nitrogens with one attached hydrogen (secondary N) is 2. The zero-order valence-corrected chi connectivity index (χ0v) is 13.6. The standard InChI is InChI=1S/C17H18FN5O2/c1-12(25-14-6-4-5-13(18)9-14)10-19-17(24)20-11-16-22-21-15-7-2-3-8-23(15)16/h2-9,12H,10-11H2,1H3,(H2,19,20,24)/t12-/m1/s1. The van der Waals surface area contributed by atoms with Gasteiger partial charge in [0.2, 0.25) is 0 Å². The van der Waals surface area contributed by atoms with Gasteiger partial charge >= 0.3 is 6.03 Å². The van der Waals surface area contributed by atoms with Gasteiger partial charge in [0.15, 0.2) is 11.5 Å². The van der Waals surface area contributed by atoms with Crippen molar-refractivity contribution in [1.82, 2.24) is 25.2 Å². The number of fused-ring (bicyclic) bond motifs is 1. The van der Waals surface area contributed by atoms with Crippen molar-refractivity contribution < 1.29 is 13.9 Å². The van der Waals surface area contributed by atoms with Crippen LogP contribution < -0.4 is 15.4 Å². The van der Waals surface area contributed by atoms with Crippen LogP contribution in [-0.2, 0) is 6.54 Å². The van der Waals surface area contributed by atoms with E-state index in [2.05, 4.69) is 20.8 Å². The number of halogens is 1. The maximum absolute atomic E-state index is 13.1. The zero-order valence-electron chi connectivity index (χ0n) is 13.6. The fraction of sp³-hybridized carbons (Fsp3) is 0.235. The number of carbonyl (C=O) groups is 1. The molecule has 0 spiro atoms. The SMILES string of the molecule is C[C@H](CNC(=O)NCc1nnc2ccccn12)Oc1cccc(F)c1. The molecule has 2 heterocycles. The van der Waals surface area contributed by atoms with Gasteiger partial charge in [0.25, 0.3) is 0 Å². The number of carbonyl (C=O) groups excluding carboxylic acids is 1. The molecular formula is C17H18FN5O2. The summed E-state index contributed by atoms with van der Waals surface area (Å²) in [6.07, 6.45) is 1.53. The lowest BCUT2D eigenvalue weighted by atomic mass is 10.3. The van der Waals surface area contributed by atoms with Crippen LogP contribution in [0.15, 0.2) is 48.7 Å². The molecule has 0 aliphatic rings. The average molecular weight is 343 g/mol.